The average Bonchev–Trinajstić information content (AvgIpc) is 2.51. The lowest BCUT2D eigenvalue weighted by Crippen LogP contribution is -2.17. The second-order valence-corrected chi connectivity index (χ2v) is 3.46. The molecular formula is C14H25N3O2. The Labute approximate surface area is 116 Å². The minimum absolute atomic E-state index is 0.523. The summed E-state index contributed by atoms with van der Waals surface area (Å²) < 4.78 is 9.81. The highest BCUT2D eigenvalue weighted by Crippen LogP contribution is 2.13. The first kappa shape index (κ1) is 17.4. The minimum atomic E-state index is 0.523. The van der Waals surface area contributed by atoms with Crippen molar-refractivity contribution in [3.05, 3.63) is 24.0 Å². The van der Waals surface area contributed by atoms with Gasteiger partial charge in [-0.05, 0) is 19.9 Å². The van der Waals surface area contributed by atoms with Crippen LogP contribution in [0.15, 0.2) is 18.2 Å². The summed E-state index contributed by atoms with van der Waals surface area (Å²) in [4.78, 5) is 7.97. The molecule has 5 heteroatoms. The van der Waals surface area contributed by atoms with Crippen LogP contribution in [0.25, 0.3) is 0 Å². The van der Waals surface area contributed by atoms with Crippen molar-refractivity contribution in [3.63, 3.8) is 0 Å². The third-order valence-electron chi connectivity index (χ3n) is 2.13. The Morgan fingerprint density at radius 2 is 1.63 bits per heavy atom. The number of nitrogens with zero attached hydrogens (tertiary/aromatic N) is 2. The van der Waals surface area contributed by atoms with Gasteiger partial charge in [0.25, 0.3) is 0 Å². The van der Waals surface area contributed by atoms with Gasteiger partial charge in [-0.1, -0.05) is 26.0 Å². The SMILES string of the molecule is C1=CCNCC1.CC.COc1cc(OC)nc(C)n1. The molecule has 1 N–H and O–H groups in total. The van der Waals surface area contributed by atoms with E-state index >= 15 is 0 Å². The van der Waals surface area contributed by atoms with Crippen molar-refractivity contribution in [2.45, 2.75) is 27.2 Å². The van der Waals surface area contributed by atoms with Crippen LogP contribution < -0.4 is 14.8 Å². The molecule has 2 heterocycles. The monoisotopic (exact) mass is 267 g/mol. The number of aryl methyl sites for hydroxylation is 1. The lowest BCUT2D eigenvalue weighted by Gasteiger charge is -2.02. The van der Waals surface area contributed by atoms with Gasteiger partial charge in [0.1, 0.15) is 5.82 Å². The van der Waals surface area contributed by atoms with Crippen molar-refractivity contribution in [2.75, 3.05) is 27.3 Å². The largest absolute Gasteiger partial charge is 0.481 e. The van der Waals surface area contributed by atoms with E-state index in [1.807, 2.05) is 13.8 Å². The molecule has 0 fully saturated rings. The summed E-state index contributed by atoms with van der Waals surface area (Å²) in [6.45, 7) is 8.02. The van der Waals surface area contributed by atoms with E-state index < -0.39 is 0 Å². The molecule has 5 nitrogen and oxygen atoms in total. The zero-order valence-corrected chi connectivity index (χ0v) is 12.6. The molecule has 0 saturated carbocycles. The van der Waals surface area contributed by atoms with E-state index in [0.29, 0.717) is 17.6 Å². The van der Waals surface area contributed by atoms with E-state index in [0.717, 1.165) is 13.1 Å². The summed E-state index contributed by atoms with van der Waals surface area (Å²) in [6, 6.07) is 1.63. The molecule has 1 aromatic rings. The van der Waals surface area contributed by atoms with E-state index in [1.54, 1.807) is 27.2 Å². The van der Waals surface area contributed by atoms with Crippen molar-refractivity contribution in [2.24, 2.45) is 0 Å². The Hall–Kier alpha value is -1.62. The molecule has 2 rings (SSSR count). The second-order valence-electron chi connectivity index (χ2n) is 3.46. The van der Waals surface area contributed by atoms with Crippen LogP contribution >= 0.6 is 0 Å². The van der Waals surface area contributed by atoms with Crippen LogP contribution in [0, 0.1) is 6.92 Å². The molecule has 0 amide bonds. The molecule has 0 radical (unpaired) electrons. The smallest absolute Gasteiger partial charge is 0.220 e. The van der Waals surface area contributed by atoms with E-state index in [1.165, 1.54) is 6.42 Å². The van der Waals surface area contributed by atoms with Gasteiger partial charge in [0, 0.05) is 6.54 Å². The van der Waals surface area contributed by atoms with Crippen molar-refractivity contribution >= 4 is 0 Å². The number of hydrogen-bond acceptors (Lipinski definition) is 5. The van der Waals surface area contributed by atoms with Crippen LogP contribution in [0.1, 0.15) is 26.1 Å². The van der Waals surface area contributed by atoms with Crippen LogP contribution in [0.4, 0.5) is 0 Å². The Bertz CT molecular complexity index is 337. The lowest BCUT2D eigenvalue weighted by molar-refractivity contribution is 0.369. The third kappa shape index (κ3) is 8.15. The zero-order valence-electron chi connectivity index (χ0n) is 12.6. The normalized spacial score (nSPS) is 12.5. The third-order valence-corrected chi connectivity index (χ3v) is 2.13. The fraction of sp³-hybridized carbons (Fsp3) is 0.571. The van der Waals surface area contributed by atoms with Gasteiger partial charge in [0.05, 0.1) is 20.3 Å². The highest BCUT2D eigenvalue weighted by Gasteiger charge is 1.99. The maximum atomic E-state index is 4.91. The molecule has 19 heavy (non-hydrogen) atoms. The Morgan fingerprint density at radius 1 is 1.05 bits per heavy atom. The number of nitrogens with one attached hydrogen (secondary N) is 1. The molecule has 1 aliphatic heterocycles. The van der Waals surface area contributed by atoms with Crippen molar-refractivity contribution in [1.82, 2.24) is 15.3 Å². The fourth-order valence-electron chi connectivity index (χ4n) is 1.30. The molecule has 1 aliphatic rings. The van der Waals surface area contributed by atoms with E-state index in [2.05, 4.69) is 27.4 Å². The van der Waals surface area contributed by atoms with E-state index in [9.17, 15) is 0 Å². The first-order chi connectivity index (χ1) is 9.26. The second kappa shape index (κ2) is 11.5. The van der Waals surface area contributed by atoms with Gasteiger partial charge in [-0.2, -0.15) is 9.97 Å². The zero-order chi connectivity index (χ0) is 14.5. The van der Waals surface area contributed by atoms with Gasteiger partial charge in [0.2, 0.25) is 11.8 Å². The predicted octanol–water partition coefficient (Wildman–Crippen LogP) is 2.36. The van der Waals surface area contributed by atoms with E-state index in [4.69, 9.17) is 9.47 Å². The average molecular weight is 267 g/mol. The quantitative estimate of drug-likeness (QED) is 0.834. The summed E-state index contributed by atoms with van der Waals surface area (Å²) in [5.74, 6) is 1.69. The summed E-state index contributed by atoms with van der Waals surface area (Å²) in [6.07, 6.45) is 5.57. The van der Waals surface area contributed by atoms with Gasteiger partial charge in [0.15, 0.2) is 0 Å². The summed E-state index contributed by atoms with van der Waals surface area (Å²) in [5, 5.41) is 3.20. The number of aromatic nitrogens is 2. The molecular weight excluding hydrogens is 242 g/mol. The maximum Gasteiger partial charge on any atom is 0.220 e. The fourth-order valence-corrected chi connectivity index (χ4v) is 1.30. The molecule has 108 valence electrons. The van der Waals surface area contributed by atoms with Crippen molar-refractivity contribution in [3.8, 4) is 11.8 Å². The number of rotatable bonds is 2. The van der Waals surface area contributed by atoms with Gasteiger partial charge < -0.3 is 14.8 Å². The molecule has 0 saturated heterocycles. The molecule has 1 aromatic heterocycles. The van der Waals surface area contributed by atoms with Crippen molar-refractivity contribution < 1.29 is 9.47 Å². The summed E-state index contributed by atoms with van der Waals surface area (Å²) in [7, 11) is 3.11. The van der Waals surface area contributed by atoms with Gasteiger partial charge in [-0.25, -0.2) is 0 Å². The van der Waals surface area contributed by atoms with Crippen LogP contribution in [-0.2, 0) is 0 Å². The molecule has 0 unspecified atom stereocenters. The topological polar surface area (TPSA) is 56.3 Å². The maximum absolute atomic E-state index is 4.91. The first-order valence-corrected chi connectivity index (χ1v) is 6.55. The summed E-state index contributed by atoms with van der Waals surface area (Å²) >= 11 is 0. The van der Waals surface area contributed by atoms with Gasteiger partial charge >= 0.3 is 0 Å². The van der Waals surface area contributed by atoms with E-state index in [-0.39, 0.29) is 0 Å². The lowest BCUT2D eigenvalue weighted by atomic mass is 10.3. The van der Waals surface area contributed by atoms with Crippen LogP contribution in [-0.4, -0.2) is 37.3 Å². The van der Waals surface area contributed by atoms with Gasteiger partial charge in [-0.15, -0.1) is 0 Å². The number of hydrogen-bond donors (Lipinski definition) is 1. The number of ether oxygens (including phenoxy) is 2. The molecule has 0 spiro atoms. The summed E-state index contributed by atoms with van der Waals surface area (Å²) in [5.41, 5.74) is 0. The molecule has 0 bridgehead atoms. The molecule has 0 aromatic carbocycles. The highest BCUT2D eigenvalue weighted by atomic mass is 16.5. The number of methoxy groups -OCH3 is 2. The Balaban J connectivity index is 0.000000341. The Morgan fingerprint density at radius 3 is 1.89 bits per heavy atom. The van der Waals surface area contributed by atoms with Crippen LogP contribution in [0.2, 0.25) is 0 Å². The van der Waals surface area contributed by atoms with Crippen LogP contribution in [0.5, 0.6) is 11.8 Å². The van der Waals surface area contributed by atoms with Crippen LogP contribution in [0.3, 0.4) is 0 Å². The Kier molecular flexibility index (Phi) is 10.5. The highest BCUT2D eigenvalue weighted by molar-refractivity contribution is 5.20. The first-order valence-electron chi connectivity index (χ1n) is 6.55. The standard InChI is InChI=1S/C7H10N2O2.C5H9N.C2H6/c1-5-8-6(10-2)4-7(9-5)11-3;1-2-4-6-5-3-1;1-2/h4H,1-3H3;1-2,6H,3-5H2;1-2H3. The minimum Gasteiger partial charge on any atom is -0.481 e. The molecule has 0 atom stereocenters. The predicted molar refractivity (Wildman–Crippen MR) is 77.8 cm³/mol. The van der Waals surface area contributed by atoms with Crippen molar-refractivity contribution in [1.29, 1.82) is 0 Å². The van der Waals surface area contributed by atoms with Gasteiger partial charge in [-0.3, -0.25) is 0 Å². The molecule has 0 aliphatic carbocycles.